The summed E-state index contributed by atoms with van der Waals surface area (Å²) < 4.78 is 1.56. The van der Waals surface area contributed by atoms with Crippen LogP contribution in [0.1, 0.15) is 0 Å². The lowest BCUT2D eigenvalue weighted by Crippen LogP contribution is -2.20. The number of benzene rings is 3. The van der Waals surface area contributed by atoms with Crippen molar-refractivity contribution >= 4 is 33.5 Å². The number of imidazole rings is 1. The third kappa shape index (κ3) is 3.83. The highest BCUT2D eigenvalue weighted by atomic mass is 35.5. The van der Waals surface area contributed by atoms with Crippen LogP contribution in [0.3, 0.4) is 0 Å². The van der Waals surface area contributed by atoms with E-state index in [1.54, 1.807) is 29.8 Å². The molecule has 2 heterocycles. The molecule has 0 saturated heterocycles. The SMILES string of the molecule is Cn1c(-c2ccc(Cl)cc2)nc2ccccc2c1=O.O=c1[nH]c2ccccc2[nH]1. The maximum Gasteiger partial charge on any atom is 0.323 e. The summed E-state index contributed by atoms with van der Waals surface area (Å²) in [4.78, 5) is 32.8. The van der Waals surface area contributed by atoms with E-state index < -0.39 is 0 Å². The average molecular weight is 405 g/mol. The Morgan fingerprint density at radius 3 is 2.07 bits per heavy atom. The summed E-state index contributed by atoms with van der Waals surface area (Å²) in [5.74, 6) is 0.639. The smallest absolute Gasteiger partial charge is 0.306 e. The Kier molecular flexibility index (Phi) is 5.01. The van der Waals surface area contributed by atoms with Crippen LogP contribution in [0.15, 0.2) is 82.4 Å². The molecular weight excluding hydrogens is 388 g/mol. The first kappa shape index (κ1) is 18.7. The number of rotatable bonds is 1. The monoisotopic (exact) mass is 404 g/mol. The van der Waals surface area contributed by atoms with Crippen molar-refractivity contribution in [2.45, 2.75) is 0 Å². The highest BCUT2D eigenvalue weighted by molar-refractivity contribution is 6.30. The Hall–Kier alpha value is -3.64. The highest BCUT2D eigenvalue weighted by Crippen LogP contribution is 2.20. The zero-order chi connectivity index (χ0) is 20.4. The molecule has 29 heavy (non-hydrogen) atoms. The molecule has 6 nitrogen and oxygen atoms in total. The van der Waals surface area contributed by atoms with E-state index in [0.717, 1.165) is 16.6 Å². The van der Waals surface area contributed by atoms with E-state index in [2.05, 4.69) is 15.0 Å². The molecule has 0 amide bonds. The average Bonchev–Trinajstić information content (AvgIpc) is 3.12. The third-order valence-corrected chi connectivity index (χ3v) is 4.76. The van der Waals surface area contributed by atoms with Gasteiger partial charge in [0.2, 0.25) is 0 Å². The number of nitrogens with one attached hydrogen (secondary N) is 2. The van der Waals surface area contributed by atoms with Crippen LogP contribution in [-0.2, 0) is 7.05 Å². The molecule has 0 radical (unpaired) electrons. The number of aromatic amines is 2. The lowest BCUT2D eigenvalue weighted by molar-refractivity contribution is 0.856. The first-order valence-corrected chi connectivity index (χ1v) is 9.29. The van der Waals surface area contributed by atoms with Gasteiger partial charge >= 0.3 is 5.69 Å². The summed E-state index contributed by atoms with van der Waals surface area (Å²) in [5.41, 5.74) is 3.09. The number of hydrogen-bond acceptors (Lipinski definition) is 3. The van der Waals surface area contributed by atoms with Crippen LogP contribution < -0.4 is 11.2 Å². The second-order valence-corrected chi connectivity index (χ2v) is 6.88. The van der Waals surface area contributed by atoms with Gasteiger partial charge in [-0.15, -0.1) is 0 Å². The topological polar surface area (TPSA) is 83.5 Å². The fraction of sp³-hybridized carbons (Fsp3) is 0.0455. The third-order valence-electron chi connectivity index (χ3n) is 4.51. The van der Waals surface area contributed by atoms with Crippen molar-refractivity contribution in [3.8, 4) is 11.4 Å². The maximum atomic E-state index is 12.3. The van der Waals surface area contributed by atoms with E-state index >= 15 is 0 Å². The van der Waals surface area contributed by atoms with Gasteiger partial charge in [-0.3, -0.25) is 9.36 Å². The second-order valence-electron chi connectivity index (χ2n) is 6.45. The van der Waals surface area contributed by atoms with E-state index in [0.29, 0.717) is 21.7 Å². The van der Waals surface area contributed by atoms with Gasteiger partial charge in [0.05, 0.1) is 21.9 Å². The predicted molar refractivity (Wildman–Crippen MR) is 116 cm³/mol. The standard InChI is InChI=1S/C15H11ClN2O.C7H6N2O/c1-18-14(10-6-8-11(16)9-7-10)17-13-5-3-2-4-12(13)15(18)19;10-7-8-5-3-1-2-4-6(5)9-7/h2-9H,1H3;1-4H,(H2,8,9,10). The molecule has 2 N–H and O–H groups in total. The van der Waals surface area contributed by atoms with E-state index in [1.165, 1.54) is 0 Å². The lowest BCUT2D eigenvalue weighted by atomic mass is 10.2. The number of H-pyrrole nitrogens is 2. The fourth-order valence-corrected chi connectivity index (χ4v) is 3.18. The maximum absolute atomic E-state index is 12.3. The van der Waals surface area contributed by atoms with Gasteiger partial charge in [-0.1, -0.05) is 35.9 Å². The Morgan fingerprint density at radius 1 is 0.828 bits per heavy atom. The second kappa shape index (κ2) is 7.77. The number of nitrogens with zero attached hydrogens (tertiary/aromatic N) is 2. The molecule has 3 aromatic carbocycles. The van der Waals surface area contributed by atoms with Crippen molar-refractivity contribution in [1.82, 2.24) is 19.5 Å². The quantitative estimate of drug-likeness (QED) is 0.441. The minimum Gasteiger partial charge on any atom is -0.306 e. The van der Waals surface area contributed by atoms with Gasteiger partial charge in [-0.05, 0) is 48.5 Å². The molecular formula is C22H17ClN4O2. The molecule has 0 aliphatic rings. The first-order valence-electron chi connectivity index (χ1n) is 8.91. The Bertz CT molecular complexity index is 1380. The van der Waals surface area contributed by atoms with Crippen molar-refractivity contribution in [2.75, 3.05) is 0 Å². The molecule has 0 aliphatic heterocycles. The Morgan fingerprint density at radius 2 is 1.41 bits per heavy atom. The van der Waals surface area contributed by atoms with Crippen molar-refractivity contribution in [3.63, 3.8) is 0 Å². The molecule has 0 atom stereocenters. The number of halogens is 1. The van der Waals surface area contributed by atoms with Gasteiger partial charge in [0, 0.05) is 17.6 Å². The summed E-state index contributed by atoms with van der Waals surface area (Å²) >= 11 is 5.88. The zero-order valence-corrected chi connectivity index (χ0v) is 16.3. The van der Waals surface area contributed by atoms with Gasteiger partial charge < -0.3 is 9.97 Å². The van der Waals surface area contributed by atoms with E-state index in [-0.39, 0.29) is 11.2 Å². The van der Waals surface area contributed by atoms with Crippen molar-refractivity contribution in [3.05, 3.63) is 98.7 Å². The van der Waals surface area contributed by atoms with Crippen LogP contribution in [0.5, 0.6) is 0 Å². The number of para-hydroxylation sites is 3. The summed E-state index contributed by atoms with van der Waals surface area (Å²) in [6, 6.07) is 22.1. The minimum absolute atomic E-state index is 0.0458. The molecule has 0 saturated carbocycles. The van der Waals surface area contributed by atoms with Crippen molar-refractivity contribution in [2.24, 2.45) is 7.05 Å². The molecule has 5 aromatic rings. The van der Waals surface area contributed by atoms with Crippen LogP contribution in [0.25, 0.3) is 33.3 Å². The molecule has 0 spiro atoms. The first-order chi connectivity index (χ1) is 14.0. The fourth-order valence-electron chi connectivity index (χ4n) is 3.05. The van der Waals surface area contributed by atoms with Gasteiger partial charge in [-0.2, -0.15) is 0 Å². The summed E-state index contributed by atoms with van der Waals surface area (Å²) in [6.45, 7) is 0. The van der Waals surface area contributed by atoms with Crippen molar-refractivity contribution in [1.29, 1.82) is 0 Å². The summed E-state index contributed by atoms with van der Waals surface area (Å²) in [5, 5.41) is 1.29. The number of fused-ring (bicyclic) bond motifs is 2. The summed E-state index contributed by atoms with van der Waals surface area (Å²) in [7, 11) is 1.73. The molecule has 0 unspecified atom stereocenters. The lowest BCUT2D eigenvalue weighted by Gasteiger charge is -2.09. The highest BCUT2D eigenvalue weighted by Gasteiger charge is 2.09. The van der Waals surface area contributed by atoms with Gasteiger partial charge in [0.25, 0.3) is 5.56 Å². The van der Waals surface area contributed by atoms with Crippen LogP contribution in [0, 0.1) is 0 Å². The molecule has 144 valence electrons. The van der Waals surface area contributed by atoms with Crippen LogP contribution in [0.2, 0.25) is 5.02 Å². The number of aromatic nitrogens is 4. The summed E-state index contributed by atoms with van der Waals surface area (Å²) in [6.07, 6.45) is 0. The van der Waals surface area contributed by atoms with Crippen LogP contribution in [-0.4, -0.2) is 19.5 Å². The molecule has 0 bridgehead atoms. The van der Waals surface area contributed by atoms with E-state index in [4.69, 9.17) is 11.6 Å². The Labute approximate surface area is 170 Å². The van der Waals surface area contributed by atoms with Crippen molar-refractivity contribution < 1.29 is 0 Å². The Balaban J connectivity index is 0.000000171. The van der Waals surface area contributed by atoms with Crippen LogP contribution >= 0.6 is 11.6 Å². The largest absolute Gasteiger partial charge is 0.323 e. The molecule has 5 rings (SSSR count). The van der Waals surface area contributed by atoms with E-state index in [9.17, 15) is 9.59 Å². The van der Waals surface area contributed by atoms with Crippen LogP contribution in [0.4, 0.5) is 0 Å². The van der Waals surface area contributed by atoms with Gasteiger partial charge in [-0.25, -0.2) is 9.78 Å². The van der Waals surface area contributed by atoms with Gasteiger partial charge in [0.15, 0.2) is 0 Å². The molecule has 0 aliphatic carbocycles. The molecule has 7 heteroatoms. The zero-order valence-electron chi connectivity index (χ0n) is 15.5. The van der Waals surface area contributed by atoms with Gasteiger partial charge in [0.1, 0.15) is 5.82 Å². The van der Waals surface area contributed by atoms with E-state index in [1.807, 2.05) is 54.6 Å². The molecule has 2 aromatic heterocycles. The predicted octanol–water partition coefficient (Wildman–Crippen LogP) is 4.11. The number of hydrogen-bond donors (Lipinski definition) is 2. The minimum atomic E-state index is -0.152. The normalized spacial score (nSPS) is 10.7. The molecule has 0 fully saturated rings.